The van der Waals surface area contributed by atoms with Crippen LogP contribution in [-0.4, -0.2) is 40.1 Å². The van der Waals surface area contributed by atoms with Gasteiger partial charge in [0.25, 0.3) is 11.0 Å². The Morgan fingerprint density at radius 1 is 1.26 bits per heavy atom. The highest BCUT2D eigenvalue weighted by atomic mass is 16.5. The third-order valence-corrected chi connectivity index (χ3v) is 4.03. The van der Waals surface area contributed by atoms with Crippen LogP contribution in [-0.2, 0) is 11.8 Å². The predicted molar refractivity (Wildman–Crippen MR) is 86.6 cm³/mol. The summed E-state index contributed by atoms with van der Waals surface area (Å²) in [5.41, 5.74) is 0.0801. The summed E-state index contributed by atoms with van der Waals surface area (Å²) in [6, 6.07) is 7.55. The van der Waals surface area contributed by atoms with Gasteiger partial charge >= 0.3 is 0 Å². The van der Waals surface area contributed by atoms with Crippen molar-refractivity contribution in [2.45, 2.75) is 26.1 Å². The molecule has 1 saturated heterocycles. The molecule has 0 amide bonds. The van der Waals surface area contributed by atoms with Crippen molar-refractivity contribution in [1.82, 2.24) is 9.55 Å². The second kappa shape index (κ2) is 6.00. The summed E-state index contributed by atoms with van der Waals surface area (Å²) in [5, 5.41) is 13.1. The van der Waals surface area contributed by atoms with Crippen LogP contribution in [0.25, 0.3) is 10.9 Å². The topological polar surface area (TPSA) is 80.0 Å². The van der Waals surface area contributed by atoms with Gasteiger partial charge in [-0.15, -0.1) is 0 Å². The summed E-state index contributed by atoms with van der Waals surface area (Å²) in [4.78, 5) is 18.8. The van der Waals surface area contributed by atoms with E-state index in [-0.39, 0.29) is 17.7 Å². The van der Waals surface area contributed by atoms with Gasteiger partial charge < -0.3 is 19.4 Å². The fourth-order valence-electron chi connectivity index (χ4n) is 3.08. The third kappa shape index (κ3) is 2.79. The normalized spacial score (nSPS) is 22.6. The van der Waals surface area contributed by atoms with Crippen LogP contribution in [0, 0.1) is 0 Å². The van der Waals surface area contributed by atoms with Crippen molar-refractivity contribution in [2.75, 3.05) is 18.0 Å². The number of nitrogens with zero attached hydrogens (tertiary/aromatic N) is 4. The molecule has 7 heteroatoms. The van der Waals surface area contributed by atoms with E-state index in [2.05, 4.69) is 15.0 Å². The highest BCUT2D eigenvalue weighted by molar-refractivity contribution is 5.89. The van der Waals surface area contributed by atoms with Crippen LogP contribution < -0.4 is 15.9 Å². The van der Waals surface area contributed by atoms with Crippen molar-refractivity contribution >= 4 is 16.7 Å². The standard InChI is InChI=1S/C16H20N4O3/c1-10-8-20(9-11(2)23-10)15-12-6-4-5-7-13(12)19(3)16(21)14(17-15)18-22/h4-7,10-11,22H,8-9H2,1-3H3/b18-14+/t10-,11+. The molecule has 0 spiro atoms. The quantitative estimate of drug-likeness (QED) is 0.623. The highest BCUT2D eigenvalue weighted by Gasteiger charge is 2.25. The first-order chi connectivity index (χ1) is 11.0. The minimum Gasteiger partial charge on any atom is -0.409 e. The maximum Gasteiger partial charge on any atom is 0.299 e. The van der Waals surface area contributed by atoms with E-state index in [4.69, 9.17) is 4.74 Å². The Balaban J connectivity index is 2.35. The molecule has 0 bridgehead atoms. The number of ether oxygens (including phenoxy) is 1. The Labute approximate surface area is 133 Å². The van der Waals surface area contributed by atoms with E-state index in [1.165, 1.54) is 4.57 Å². The lowest BCUT2D eigenvalue weighted by molar-refractivity contribution is -0.00537. The van der Waals surface area contributed by atoms with Gasteiger partial charge in [0.1, 0.15) is 5.82 Å². The summed E-state index contributed by atoms with van der Waals surface area (Å²) in [7, 11) is 1.65. The molecule has 1 fully saturated rings. The lowest BCUT2D eigenvalue weighted by atomic mass is 10.2. The van der Waals surface area contributed by atoms with Crippen molar-refractivity contribution < 1.29 is 9.94 Å². The van der Waals surface area contributed by atoms with E-state index in [0.717, 1.165) is 10.9 Å². The van der Waals surface area contributed by atoms with Gasteiger partial charge in [-0.05, 0) is 26.0 Å². The van der Waals surface area contributed by atoms with Gasteiger partial charge in [-0.3, -0.25) is 4.79 Å². The first-order valence-corrected chi connectivity index (χ1v) is 7.60. The average molecular weight is 316 g/mol. The molecule has 2 aromatic rings. The fraction of sp³-hybridized carbons (Fsp3) is 0.438. The molecule has 3 rings (SSSR count). The highest BCUT2D eigenvalue weighted by Crippen LogP contribution is 2.24. The summed E-state index contributed by atoms with van der Waals surface area (Å²) < 4.78 is 7.22. The maximum atomic E-state index is 12.4. The van der Waals surface area contributed by atoms with Gasteiger partial charge in [0.15, 0.2) is 0 Å². The van der Waals surface area contributed by atoms with Gasteiger partial charge in [0.2, 0.25) is 0 Å². The van der Waals surface area contributed by atoms with Crippen molar-refractivity contribution in [3.63, 3.8) is 0 Å². The molecule has 1 aliphatic heterocycles. The lowest BCUT2D eigenvalue weighted by Gasteiger charge is -2.36. The van der Waals surface area contributed by atoms with E-state index in [9.17, 15) is 10.0 Å². The minimum atomic E-state index is -0.440. The number of benzene rings is 1. The van der Waals surface area contributed by atoms with Crippen LogP contribution in [0.15, 0.2) is 34.2 Å². The summed E-state index contributed by atoms with van der Waals surface area (Å²) >= 11 is 0. The second-order valence-corrected chi connectivity index (χ2v) is 5.90. The first-order valence-electron chi connectivity index (χ1n) is 7.60. The Morgan fingerprint density at radius 3 is 2.57 bits per heavy atom. The predicted octanol–water partition coefficient (Wildman–Crippen LogP) is 0.837. The minimum absolute atomic E-state index is 0.0554. The lowest BCUT2D eigenvalue weighted by Crippen LogP contribution is -2.46. The maximum absolute atomic E-state index is 12.4. The zero-order valence-electron chi connectivity index (χ0n) is 13.4. The number of hydrogen-bond donors (Lipinski definition) is 1. The van der Waals surface area contributed by atoms with Crippen LogP contribution >= 0.6 is 0 Å². The molecule has 0 saturated carbocycles. The Hall–Kier alpha value is -2.41. The molecule has 2 heterocycles. The van der Waals surface area contributed by atoms with Crippen LogP contribution in [0.2, 0.25) is 0 Å². The molecule has 0 radical (unpaired) electrons. The number of rotatable bonds is 1. The van der Waals surface area contributed by atoms with Crippen LogP contribution in [0.4, 0.5) is 5.82 Å². The van der Waals surface area contributed by atoms with Gasteiger partial charge in [-0.2, -0.15) is 0 Å². The molecule has 0 aliphatic carbocycles. The molecular weight excluding hydrogens is 296 g/mol. The summed E-state index contributed by atoms with van der Waals surface area (Å²) in [6.45, 7) is 5.33. The van der Waals surface area contributed by atoms with E-state index in [1.807, 2.05) is 38.1 Å². The SMILES string of the molecule is C[C@@H]1CN(c2n/c(=N/O)c(=O)n(C)c3ccccc23)C[C@H](C)O1. The third-order valence-electron chi connectivity index (χ3n) is 4.03. The number of aromatic nitrogens is 2. The zero-order chi connectivity index (χ0) is 16.6. The summed E-state index contributed by atoms with van der Waals surface area (Å²) in [6.07, 6.45) is 0.111. The van der Waals surface area contributed by atoms with Crippen LogP contribution in [0.3, 0.4) is 0 Å². The fourth-order valence-corrected chi connectivity index (χ4v) is 3.08. The number of morpholine rings is 1. The molecule has 1 aromatic heterocycles. The van der Waals surface area contributed by atoms with Gasteiger partial charge in [-0.25, -0.2) is 4.98 Å². The Bertz CT molecular complexity index is 852. The molecule has 122 valence electrons. The van der Waals surface area contributed by atoms with Crippen LogP contribution in [0.5, 0.6) is 0 Å². The molecule has 1 N–H and O–H groups in total. The van der Waals surface area contributed by atoms with Crippen LogP contribution in [0.1, 0.15) is 13.8 Å². The van der Waals surface area contributed by atoms with Crippen molar-refractivity contribution in [3.8, 4) is 0 Å². The molecule has 23 heavy (non-hydrogen) atoms. The second-order valence-electron chi connectivity index (χ2n) is 5.90. The van der Waals surface area contributed by atoms with E-state index in [1.54, 1.807) is 7.05 Å². The molecule has 2 atom stereocenters. The van der Waals surface area contributed by atoms with Crippen molar-refractivity contribution in [3.05, 3.63) is 40.1 Å². The number of fused-ring (bicyclic) bond motifs is 1. The molecule has 1 aromatic carbocycles. The Kier molecular flexibility index (Phi) is 4.04. The first kappa shape index (κ1) is 15.5. The number of anilines is 1. The number of aryl methyl sites for hydroxylation is 1. The van der Waals surface area contributed by atoms with Gasteiger partial charge in [0, 0.05) is 25.5 Å². The smallest absolute Gasteiger partial charge is 0.299 e. The monoisotopic (exact) mass is 316 g/mol. The average Bonchev–Trinajstić information content (AvgIpc) is 2.63. The number of hydrogen-bond acceptors (Lipinski definition) is 6. The van der Waals surface area contributed by atoms with Gasteiger partial charge in [-0.1, -0.05) is 17.3 Å². The van der Waals surface area contributed by atoms with Crippen molar-refractivity contribution in [2.24, 2.45) is 12.2 Å². The Morgan fingerprint density at radius 2 is 1.91 bits per heavy atom. The van der Waals surface area contributed by atoms with E-state index in [0.29, 0.717) is 18.9 Å². The van der Waals surface area contributed by atoms with E-state index < -0.39 is 5.56 Å². The molecule has 1 aliphatic rings. The molecule has 0 unspecified atom stereocenters. The zero-order valence-corrected chi connectivity index (χ0v) is 13.4. The largest absolute Gasteiger partial charge is 0.409 e. The molecule has 7 nitrogen and oxygen atoms in total. The number of para-hydroxylation sites is 1. The van der Waals surface area contributed by atoms with Crippen molar-refractivity contribution in [1.29, 1.82) is 0 Å². The summed E-state index contributed by atoms with van der Waals surface area (Å²) in [5.74, 6) is 0.633. The van der Waals surface area contributed by atoms with E-state index >= 15 is 0 Å². The van der Waals surface area contributed by atoms with Gasteiger partial charge in [0.05, 0.1) is 17.7 Å². The molecular formula is C16H20N4O3.